The molecule has 1 aliphatic heterocycles. The Hall–Kier alpha value is -2.92. The number of hydrogen-bond donors (Lipinski definition) is 1. The van der Waals surface area contributed by atoms with Gasteiger partial charge in [-0.1, -0.05) is 42.5 Å². The number of piperidine rings is 1. The molecule has 1 amide bonds. The van der Waals surface area contributed by atoms with E-state index in [-0.39, 0.29) is 11.9 Å². The SMILES string of the molecule is COC(=O)c1ccc(/C=C/C(=O)NCC2CCN(Cc3ccccc3)CC2)cc1. The van der Waals surface area contributed by atoms with Crippen molar-refractivity contribution in [3.8, 4) is 0 Å². The van der Waals surface area contributed by atoms with Gasteiger partial charge in [-0.15, -0.1) is 0 Å². The van der Waals surface area contributed by atoms with E-state index < -0.39 is 0 Å². The molecule has 0 aromatic heterocycles. The molecule has 0 unspecified atom stereocenters. The quantitative estimate of drug-likeness (QED) is 0.579. The van der Waals surface area contributed by atoms with Gasteiger partial charge < -0.3 is 10.1 Å². The standard InChI is InChI=1S/C24H28N2O3/c1-29-24(28)22-10-7-19(8-11-22)9-12-23(27)25-17-20-13-15-26(16-14-20)18-21-5-3-2-4-6-21/h2-12,20H,13-18H2,1H3,(H,25,27)/b12-9+. The molecule has 1 aliphatic rings. The second-order valence-electron chi connectivity index (χ2n) is 7.40. The molecule has 0 spiro atoms. The van der Waals surface area contributed by atoms with Crippen LogP contribution in [0.15, 0.2) is 60.7 Å². The van der Waals surface area contributed by atoms with Gasteiger partial charge in [0, 0.05) is 19.2 Å². The molecule has 5 heteroatoms. The van der Waals surface area contributed by atoms with Crippen molar-refractivity contribution in [1.29, 1.82) is 0 Å². The monoisotopic (exact) mass is 392 g/mol. The zero-order chi connectivity index (χ0) is 20.5. The van der Waals surface area contributed by atoms with E-state index in [1.165, 1.54) is 18.7 Å². The molecule has 29 heavy (non-hydrogen) atoms. The summed E-state index contributed by atoms with van der Waals surface area (Å²) in [6, 6.07) is 17.5. The maximum atomic E-state index is 12.1. The zero-order valence-corrected chi connectivity index (χ0v) is 16.8. The minimum atomic E-state index is -0.368. The average Bonchev–Trinajstić information content (AvgIpc) is 2.77. The molecular formula is C24H28N2O3. The van der Waals surface area contributed by atoms with E-state index >= 15 is 0 Å². The summed E-state index contributed by atoms with van der Waals surface area (Å²) in [6.45, 7) is 3.84. The molecule has 2 aromatic carbocycles. The van der Waals surface area contributed by atoms with E-state index in [9.17, 15) is 9.59 Å². The number of carbonyl (C=O) groups is 2. The number of carbonyl (C=O) groups excluding carboxylic acids is 2. The molecule has 0 bridgehead atoms. The van der Waals surface area contributed by atoms with Gasteiger partial charge in [-0.05, 0) is 61.2 Å². The summed E-state index contributed by atoms with van der Waals surface area (Å²) < 4.78 is 4.68. The summed E-state index contributed by atoms with van der Waals surface area (Å²) in [7, 11) is 1.35. The number of nitrogens with zero attached hydrogens (tertiary/aromatic N) is 1. The highest BCUT2D eigenvalue weighted by molar-refractivity contribution is 5.92. The first kappa shape index (κ1) is 20.8. The first-order valence-electron chi connectivity index (χ1n) is 10.0. The van der Waals surface area contributed by atoms with Crippen molar-refractivity contribution in [1.82, 2.24) is 10.2 Å². The fourth-order valence-corrected chi connectivity index (χ4v) is 3.51. The maximum absolute atomic E-state index is 12.1. The van der Waals surface area contributed by atoms with Gasteiger partial charge in [0.05, 0.1) is 12.7 Å². The number of amides is 1. The van der Waals surface area contributed by atoms with Crippen molar-refractivity contribution < 1.29 is 14.3 Å². The molecule has 3 rings (SSSR count). The van der Waals surface area contributed by atoms with Crippen LogP contribution in [0.5, 0.6) is 0 Å². The van der Waals surface area contributed by atoms with E-state index in [1.54, 1.807) is 30.3 Å². The lowest BCUT2D eigenvalue weighted by molar-refractivity contribution is -0.116. The average molecular weight is 392 g/mol. The van der Waals surface area contributed by atoms with E-state index in [1.807, 2.05) is 6.07 Å². The van der Waals surface area contributed by atoms with Gasteiger partial charge in [0.1, 0.15) is 0 Å². The third-order valence-electron chi connectivity index (χ3n) is 5.28. The van der Waals surface area contributed by atoms with Crippen LogP contribution in [-0.2, 0) is 16.1 Å². The van der Waals surface area contributed by atoms with Crippen LogP contribution in [0.2, 0.25) is 0 Å². The predicted molar refractivity (Wildman–Crippen MR) is 114 cm³/mol. The first-order chi connectivity index (χ1) is 14.1. The Morgan fingerprint density at radius 2 is 1.76 bits per heavy atom. The van der Waals surface area contributed by atoms with Crippen molar-refractivity contribution >= 4 is 18.0 Å². The van der Waals surface area contributed by atoms with Crippen LogP contribution < -0.4 is 5.32 Å². The number of ether oxygens (including phenoxy) is 1. The number of likely N-dealkylation sites (tertiary alicyclic amines) is 1. The molecule has 152 valence electrons. The molecule has 1 saturated heterocycles. The molecule has 0 radical (unpaired) electrons. The second kappa shape index (κ2) is 10.6. The van der Waals surface area contributed by atoms with Crippen molar-refractivity contribution in [2.75, 3.05) is 26.7 Å². The topological polar surface area (TPSA) is 58.6 Å². The number of hydrogen-bond acceptors (Lipinski definition) is 4. The maximum Gasteiger partial charge on any atom is 0.337 e. The van der Waals surface area contributed by atoms with Gasteiger partial charge in [0.15, 0.2) is 0 Å². The van der Waals surface area contributed by atoms with Gasteiger partial charge in [-0.2, -0.15) is 0 Å². The summed E-state index contributed by atoms with van der Waals surface area (Å²) in [5.41, 5.74) is 2.71. The van der Waals surface area contributed by atoms with Crippen LogP contribution in [0, 0.1) is 5.92 Å². The number of esters is 1. The van der Waals surface area contributed by atoms with Crippen LogP contribution in [-0.4, -0.2) is 43.5 Å². The molecule has 2 aromatic rings. The second-order valence-corrected chi connectivity index (χ2v) is 7.40. The molecule has 0 atom stereocenters. The summed E-state index contributed by atoms with van der Waals surface area (Å²) in [6.07, 6.45) is 5.49. The fourth-order valence-electron chi connectivity index (χ4n) is 3.51. The molecule has 0 aliphatic carbocycles. The fraction of sp³-hybridized carbons (Fsp3) is 0.333. The Labute approximate surface area is 172 Å². The van der Waals surface area contributed by atoms with Gasteiger partial charge in [-0.25, -0.2) is 4.79 Å². The largest absolute Gasteiger partial charge is 0.465 e. The molecule has 1 fully saturated rings. The van der Waals surface area contributed by atoms with E-state index in [4.69, 9.17) is 0 Å². The van der Waals surface area contributed by atoms with Crippen LogP contribution >= 0.6 is 0 Å². The van der Waals surface area contributed by atoms with Gasteiger partial charge in [0.2, 0.25) is 5.91 Å². The summed E-state index contributed by atoms with van der Waals surface area (Å²) in [4.78, 5) is 26.0. The van der Waals surface area contributed by atoms with E-state index in [2.05, 4.69) is 39.2 Å². The van der Waals surface area contributed by atoms with Gasteiger partial charge in [0.25, 0.3) is 0 Å². The van der Waals surface area contributed by atoms with Crippen molar-refractivity contribution in [3.63, 3.8) is 0 Å². The highest BCUT2D eigenvalue weighted by atomic mass is 16.5. The van der Waals surface area contributed by atoms with Crippen molar-refractivity contribution in [2.45, 2.75) is 19.4 Å². The lowest BCUT2D eigenvalue weighted by Crippen LogP contribution is -2.38. The van der Waals surface area contributed by atoms with E-state index in [0.29, 0.717) is 18.0 Å². The smallest absolute Gasteiger partial charge is 0.337 e. The minimum absolute atomic E-state index is 0.0891. The number of rotatable bonds is 7. The molecule has 1 heterocycles. The Bertz CT molecular complexity index is 823. The third kappa shape index (κ3) is 6.57. The highest BCUT2D eigenvalue weighted by Crippen LogP contribution is 2.18. The van der Waals surface area contributed by atoms with Crippen molar-refractivity contribution in [3.05, 3.63) is 77.4 Å². The Kier molecular flexibility index (Phi) is 7.59. The predicted octanol–water partition coefficient (Wildman–Crippen LogP) is 3.51. The number of benzene rings is 2. The minimum Gasteiger partial charge on any atom is -0.465 e. The van der Waals surface area contributed by atoms with Crippen LogP contribution in [0.1, 0.15) is 34.3 Å². The molecule has 1 N–H and O–H groups in total. The lowest BCUT2D eigenvalue weighted by atomic mass is 9.96. The van der Waals surface area contributed by atoms with E-state index in [0.717, 1.165) is 38.0 Å². The van der Waals surface area contributed by atoms with Gasteiger partial charge in [-0.3, -0.25) is 9.69 Å². The molecular weight excluding hydrogens is 364 g/mol. The van der Waals surface area contributed by atoms with Crippen LogP contribution in [0.25, 0.3) is 6.08 Å². The first-order valence-corrected chi connectivity index (χ1v) is 10.0. The lowest BCUT2D eigenvalue weighted by Gasteiger charge is -2.32. The third-order valence-corrected chi connectivity index (χ3v) is 5.28. The summed E-state index contributed by atoms with van der Waals surface area (Å²) in [5.74, 6) is 0.0700. The molecule has 0 saturated carbocycles. The summed E-state index contributed by atoms with van der Waals surface area (Å²) in [5, 5.41) is 3.01. The Morgan fingerprint density at radius 3 is 2.41 bits per heavy atom. The summed E-state index contributed by atoms with van der Waals surface area (Å²) >= 11 is 0. The van der Waals surface area contributed by atoms with Crippen LogP contribution in [0.3, 0.4) is 0 Å². The Morgan fingerprint density at radius 1 is 1.07 bits per heavy atom. The highest BCUT2D eigenvalue weighted by Gasteiger charge is 2.19. The van der Waals surface area contributed by atoms with Crippen LogP contribution in [0.4, 0.5) is 0 Å². The number of nitrogens with one attached hydrogen (secondary N) is 1. The molecule has 5 nitrogen and oxygen atoms in total. The van der Waals surface area contributed by atoms with Gasteiger partial charge >= 0.3 is 5.97 Å². The zero-order valence-electron chi connectivity index (χ0n) is 16.8. The Balaban J connectivity index is 1.37. The normalized spacial score (nSPS) is 15.3. The van der Waals surface area contributed by atoms with Crippen molar-refractivity contribution in [2.24, 2.45) is 5.92 Å². The number of methoxy groups -OCH3 is 1.